The lowest BCUT2D eigenvalue weighted by Gasteiger charge is -2.29. The first-order valence-corrected chi connectivity index (χ1v) is 23.7. The van der Waals surface area contributed by atoms with Gasteiger partial charge in [-0.2, -0.15) is 0 Å². The third-order valence-corrected chi connectivity index (χ3v) is 9.93. The number of hydrogen-bond acceptors (Lipinski definition) is 6. The van der Waals surface area contributed by atoms with E-state index in [9.17, 15) is 19.4 Å². The highest BCUT2D eigenvalue weighted by Gasteiger charge is 2.23. The van der Waals surface area contributed by atoms with Crippen LogP contribution in [-0.4, -0.2) is 68.5 Å². The molecular formula is C49H83N2O6P. The molecule has 0 aromatic heterocycles. The Hall–Kier alpha value is -2.84. The molecule has 330 valence electrons. The van der Waals surface area contributed by atoms with E-state index in [0.717, 1.165) is 96.3 Å². The first-order chi connectivity index (χ1) is 28.0. The van der Waals surface area contributed by atoms with Gasteiger partial charge < -0.3 is 28.8 Å². The van der Waals surface area contributed by atoms with E-state index in [1.165, 1.54) is 25.7 Å². The zero-order chi connectivity index (χ0) is 42.8. The Balaban J connectivity index is 3.95. The summed E-state index contributed by atoms with van der Waals surface area (Å²) < 4.78 is 22.8. The van der Waals surface area contributed by atoms with Crippen LogP contribution >= 0.6 is 7.82 Å². The quantitative estimate of drug-likeness (QED) is 0.0278. The Kier molecular flexibility index (Phi) is 37.7. The fraction of sp³-hybridized carbons (Fsp3) is 0.612. The molecule has 0 bridgehead atoms. The number of nitrogens with zero attached hydrogens (tertiary/aromatic N) is 1. The molecule has 2 N–H and O–H groups in total. The molecule has 0 aliphatic rings. The number of allylic oxidation sites excluding steroid dienone is 17. The van der Waals surface area contributed by atoms with E-state index >= 15 is 0 Å². The number of phosphoric ester groups is 1. The molecule has 8 nitrogen and oxygen atoms in total. The fourth-order valence-corrected chi connectivity index (χ4v) is 6.19. The lowest BCUT2D eigenvalue weighted by atomic mass is 10.1. The van der Waals surface area contributed by atoms with Crippen LogP contribution in [0, 0.1) is 0 Å². The molecule has 3 atom stereocenters. The average molecular weight is 827 g/mol. The Morgan fingerprint density at radius 2 is 1.05 bits per heavy atom. The number of aliphatic hydroxyl groups is 1. The summed E-state index contributed by atoms with van der Waals surface area (Å²) in [6.45, 7) is 4.26. The van der Waals surface area contributed by atoms with E-state index in [2.05, 4.69) is 109 Å². The number of amides is 1. The van der Waals surface area contributed by atoms with Crippen LogP contribution in [0.4, 0.5) is 0 Å². The normalized spacial score (nSPS) is 15.4. The number of rotatable bonds is 38. The molecule has 0 fully saturated rings. The van der Waals surface area contributed by atoms with E-state index in [0.29, 0.717) is 17.4 Å². The summed E-state index contributed by atoms with van der Waals surface area (Å²) in [4.78, 5) is 24.9. The van der Waals surface area contributed by atoms with Crippen molar-refractivity contribution in [3.05, 3.63) is 109 Å². The SMILES string of the molecule is CC/C=C\C/C=C\C/C=C\C/C=C\C/C=C\C/C=C\C/C=C\C/C=C\CCCCCCCCCCC(=O)NC(COP(=O)([O-])OCC[N+](C)(C)C)C(O)/C=C/CCC. The number of phosphoric acid groups is 1. The molecule has 1 amide bonds. The number of hydrogen-bond donors (Lipinski definition) is 2. The van der Waals surface area contributed by atoms with Gasteiger partial charge in [-0.3, -0.25) is 9.36 Å². The van der Waals surface area contributed by atoms with Crippen molar-refractivity contribution in [2.24, 2.45) is 0 Å². The van der Waals surface area contributed by atoms with Crippen molar-refractivity contribution in [3.63, 3.8) is 0 Å². The highest BCUT2D eigenvalue weighted by Crippen LogP contribution is 2.38. The molecule has 0 aromatic rings. The molecule has 0 saturated heterocycles. The van der Waals surface area contributed by atoms with Gasteiger partial charge in [0.2, 0.25) is 5.91 Å². The van der Waals surface area contributed by atoms with Gasteiger partial charge in [-0.05, 0) is 77.0 Å². The smallest absolute Gasteiger partial charge is 0.268 e. The van der Waals surface area contributed by atoms with Crippen LogP contribution in [0.5, 0.6) is 0 Å². The number of likely N-dealkylation sites (N-methyl/N-ethyl adjacent to an activating group) is 1. The fourth-order valence-electron chi connectivity index (χ4n) is 5.47. The second-order valence-corrected chi connectivity index (χ2v) is 17.1. The second kappa shape index (κ2) is 39.6. The highest BCUT2D eigenvalue weighted by molar-refractivity contribution is 7.45. The van der Waals surface area contributed by atoms with E-state index in [4.69, 9.17) is 9.05 Å². The average Bonchev–Trinajstić information content (AvgIpc) is 3.17. The Bertz CT molecular complexity index is 1300. The summed E-state index contributed by atoms with van der Waals surface area (Å²) in [5, 5.41) is 13.4. The summed E-state index contributed by atoms with van der Waals surface area (Å²) >= 11 is 0. The predicted molar refractivity (Wildman–Crippen MR) is 246 cm³/mol. The van der Waals surface area contributed by atoms with Gasteiger partial charge in [-0.1, -0.05) is 168 Å². The van der Waals surface area contributed by atoms with Gasteiger partial charge in [0, 0.05) is 6.42 Å². The number of quaternary nitrogens is 1. The molecule has 9 heteroatoms. The molecule has 0 spiro atoms. The van der Waals surface area contributed by atoms with E-state index in [1.54, 1.807) is 6.08 Å². The monoisotopic (exact) mass is 827 g/mol. The standard InChI is InChI=1S/C49H83N2O6P/c1-6-8-10-11-12-13-14-15-16-17-18-19-20-21-22-23-24-25-26-27-28-29-30-31-32-33-34-35-36-37-38-39-41-43-49(53)50-47(48(52)42-40-9-7-2)46-57-58(54,55)56-45-44-51(3,4)5/h8,10,12-13,15-16,18-19,21-22,24-25,27-28,30-31,40,42,47-48,52H,6-7,9,11,14,17,20,23,26,29,32-39,41,43-46H2,1-5H3,(H-,50,53,54,55)/b10-8-,13-12-,16-15-,19-18-,22-21-,25-24-,28-27-,31-30-,42-40+. The van der Waals surface area contributed by atoms with Gasteiger partial charge in [0.1, 0.15) is 13.2 Å². The van der Waals surface area contributed by atoms with Crippen molar-refractivity contribution in [3.8, 4) is 0 Å². The molecule has 0 heterocycles. The minimum atomic E-state index is -4.57. The van der Waals surface area contributed by atoms with Crippen molar-refractivity contribution in [1.29, 1.82) is 0 Å². The van der Waals surface area contributed by atoms with Gasteiger partial charge in [0.15, 0.2) is 0 Å². The molecule has 0 radical (unpaired) electrons. The maximum absolute atomic E-state index is 12.7. The summed E-state index contributed by atoms with van der Waals surface area (Å²) in [5.74, 6) is -0.225. The van der Waals surface area contributed by atoms with Crippen LogP contribution in [0.25, 0.3) is 0 Å². The first-order valence-electron chi connectivity index (χ1n) is 22.2. The van der Waals surface area contributed by atoms with Crippen molar-refractivity contribution in [2.75, 3.05) is 40.9 Å². The summed E-state index contributed by atoms with van der Waals surface area (Å²) in [7, 11) is 1.23. The van der Waals surface area contributed by atoms with Crippen LogP contribution in [0.1, 0.15) is 142 Å². The highest BCUT2D eigenvalue weighted by atomic mass is 31.2. The number of aliphatic hydroxyl groups excluding tert-OH is 1. The number of nitrogens with one attached hydrogen (secondary N) is 1. The van der Waals surface area contributed by atoms with Gasteiger partial charge in [-0.25, -0.2) is 0 Å². The molecule has 0 rings (SSSR count). The largest absolute Gasteiger partial charge is 0.756 e. The number of carbonyl (C=O) groups excluding carboxylic acids is 1. The molecule has 0 aliphatic carbocycles. The van der Waals surface area contributed by atoms with Crippen LogP contribution in [0.15, 0.2) is 109 Å². The lowest BCUT2D eigenvalue weighted by molar-refractivity contribution is -0.870. The van der Waals surface area contributed by atoms with Crippen LogP contribution in [0.2, 0.25) is 0 Å². The summed E-state index contributed by atoms with van der Waals surface area (Å²) in [5.41, 5.74) is 0. The minimum Gasteiger partial charge on any atom is -0.756 e. The van der Waals surface area contributed by atoms with Gasteiger partial charge in [0.25, 0.3) is 7.82 Å². The third-order valence-electron chi connectivity index (χ3n) is 8.97. The Morgan fingerprint density at radius 3 is 1.50 bits per heavy atom. The molecule has 3 unspecified atom stereocenters. The number of unbranched alkanes of at least 4 members (excludes halogenated alkanes) is 9. The van der Waals surface area contributed by atoms with Gasteiger partial charge in [-0.15, -0.1) is 0 Å². The van der Waals surface area contributed by atoms with E-state index in [1.807, 2.05) is 34.1 Å². The zero-order valence-electron chi connectivity index (χ0n) is 37.2. The minimum absolute atomic E-state index is 0.0106. The zero-order valence-corrected chi connectivity index (χ0v) is 38.1. The van der Waals surface area contributed by atoms with E-state index < -0.39 is 26.6 Å². The second-order valence-electron chi connectivity index (χ2n) is 15.7. The van der Waals surface area contributed by atoms with Gasteiger partial charge >= 0.3 is 0 Å². The van der Waals surface area contributed by atoms with Gasteiger partial charge in [0.05, 0.1) is 39.9 Å². The maximum atomic E-state index is 12.7. The summed E-state index contributed by atoms with van der Waals surface area (Å²) in [6.07, 6.45) is 58.1. The number of carbonyl (C=O) groups is 1. The van der Waals surface area contributed by atoms with Crippen molar-refractivity contribution in [1.82, 2.24) is 5.32 Å². The summed E-state index contributed by atoms with van der Waals surface area (Å²) in [6, 6.07) is -0.893. The molecule has 0 saturated carbocycles. The van der Waals surface area contributed by atoms with E-state index in [-0.39, 0.29) is 12.5 Å². The molecule has 58 heavy (non-hydrogen) atoms. The molecule has 0 aliphatic heterocycles. The van der Waals surface area contributed by atoms with Crippen LogP contribution < -0.4 is 10.2 Å². The molecular weight excluding hydrogens is 744 g/mol. The lowest BCUT2D eigenvalue weighted by Crippen LogP contribution is -2.45. The third kappa shape index (κ3) is 41.3. The molecule has 0 aromatic carbocycles. The van der Waals surface area contributed by atoms with Crippen LogP contribution in [-0.2, 0) is 18.4 Å². The van der Waals surface area contributed by atoms with Crippen molar-refractivity contribution < 1.29 is 32.9 Å². The van der Waals surface area contributed by atoms with Crippen LogP contribution in [0.3, 0.4) is 0 Å². The van der Waals surface area contributed by atoms with Crippen molar-refractivity contribution >= 4 is 13.7 Å². The Morgan fingerprint density at radius 1 is 0.621 bits per heavy atom. The maximum Gasteiger partial charge on any atom is 0.268 e. The first kappa shape index (κ1) is 55.2. The Labute approximate surface area is 355 Å². The predicted octanol–water partition coefficient (Wildman–Crippen LogP) is 11.9. The van der Waals surface area contributed by atoms with Crippen molar-refractivity contribution in [2.45, 2.75) is 154 Å². The topological polar surface area (TPSA) is 108 Å².